The molecule has 2 aromatic rings. The van der Waals surface area contributed by atoms with Gasteiger partial charge in [0.15, 0.2) is 5.96 Å². The summed E-state index contributed by atoms with van der Waals surface area (Å²) in [7, 11) is 4.75. The fraction of sp³-hybridized carbons (Fsp3) is 0.263. The molecule has 0 fully saturated rings. The molecular formula is C19H24IN3O3. The summed E-state index contributed by atoms with van der Waals surface area (Å²) in [5.74, 6) is 1.18. The summed E-state index contributed by atoms with van der Waals surface area (Å²) in [6, 6.07) is 15.1. The number of carbonyl (C=O) groups is 1. The van der Waals surface area contributed by atoms with Gasteiger partial charge in [-0.05, 0) is 35.4 Å². The first-order valence-electron chi connectivity index (χ1n) is 7.91. The number of rotatable bonds is 6. The van der Waals surface area contributed by atoms with Crippen molar-refractivity contribution < 1.29 is 14.3 Å². The van der Waals surface area contributed by atoms with E-state index in [-0.39, 0.29) is 29.9 Å². The molecule has 6 nitrogen and oxygen atoms in total. The molecule has 0 aliphatic carbocycles. The summed E-state index contributed by atoms with van der Waals surface area (Å²) in [4.78, 5) is 15.6. The number of ether oxygens (including phenoxy) is 2. The molecule has 0 atom stereocenters. The zero-order chi connectivity index (χ0) is 18.1. The molecule has 0 aliphatic heterocycles. The second-order valence-corrected chi connectivity index (χ2v) is 5.32. The Hall–Kier alpha value is -2.29. The lowest BCUT2D eigenvalue weighted by Crippen LogP contribution is -2.36. The maximum Gasteiger partial charge on any atom is 0.337 e. The molecular weight excluding hydrogens is 445 g/mol. The van der Waals surface area contributed by atoms with E-state index in [9.17, 15) is 4.79 Å². The molecule has 0 amide bonds. The number of carbonyl (C=O) groups excluding carboxylic acids is 1. The van der Waals surface area contributed by atoms with Crippen molar-refractivity contribution in [1.29, 1.82) is 0 Å². The van der Waals surface area contributed by atoms with Gasteiger partial charge in [-0.1, -0.05) is 24.3 Å². The Kier molecular flexibility index (Phi) is 9.50. The molecule has 0 saturated carbocycles. The van der Waals surface area contributed by atoms with Gasteiger partial charge in [0.25, 0.3) is 0 Å². The van der Waals surface area contributed by atoms with E-state index < -0.39 is 0 Å². The fourth-order valence-electron chi connectivity index (χ4n) is 2.25. The van der Waals surface area contributed by atoms with E-state index in [2.05, 4.69) is 20.4 Å². The second-order valence-electron chi connectivity index (χ2n) is 5.32. The third kappa shape index (κ3) is 6.55. The molecule has 2 aromatic carbocycles. The number of hydrogen-bond donors (Lipinski definition) is 2. The highest BCUT2D eigenvalue weighted by molar-refractivity contribution is 14.0. The van der Waals surface area contributed by atoms with Gasteiger partial charge in [-0.25, -0.2) is 4.79 Å². The van der Waals surface area contributed by atoms with Crippen molar-refractivity contribution in [3.05, 3.63) is 65.2 Å². The van der Waals surface area contributed by atoms with E-state index in [0.717, 1.165) is 16.9 Å². The molecule has 0 aliphatic rings. The lowest BCUT2D eigenvalue weighted by atomic mass is 10.1. The molecule has 140 valence electrons. The van der Waals surface area contributed by atoms with Crippen LogP contribution in [0.4, 0.5) is 0 Å². The first-order chi connectivity index (χ1) is 12.2. The predicted molar refractivity (Wildman–Crippen MR) is 113 cm³/mol. The van der Waals surface area contributed by atoms with E-state index >= 15 is 0 Å². The van der Waals surface area contributed by atoms with Crippen LogP contribution in [0.3, 0.4) is 0 Å². The lowest BCUT2D eigenvalue weighted by molar-refractivity contribution is 0.0600. The van der Waals surface area contributed by atoms with Crippen molar-refractivity contribution in [2.75, 3.05) is 21.3 Å². The normalized spacial score (nSPS) is 10.5. The van der Waals surface area contributed by atoms with Crippen LogP contribution in [0, 0.1) is 0 Å². The topological polar surface area (TPSA) is 72.0 Å². The Bertz CT molecular complexity index is 733. The number of benzene rings is 2. The molecule has 0 bridgehead atoms. The third-order valence-electron chi connectivity index (χ3n) is 3.65. The number of nitrogens with zero attached hydrogens (tertiary/aromatic N) is 1. The summed E-state index contributed by atoms with van der Waals surface area (Å²) in [6.07, 6.45) is 0. The Balaban J connectivity index is 0.00000338. The Labute approximate surface area is 171 Å². The smallest absolute Gasteiger partial charge is 0.337 e. The molecule has 2 N–H and O–H groups in total. The van der Waals surface area contributed by atoms with Crippen LogP contribution in [-0.4, -0.2) is 33.2 Å². The minimum atomic E-state index is -0.338. The van der Waals surface area contributed by atoms with Gasteiger partial charge in [0.2, 0.25) is 0 Å². The van der Waals surface area contributed by atoms with Gasteiger partial charge in [0.1, 0.15) is 5.75 Å². The molecule has 0 radical (unpaired) electrons. The van der Waals surface area contributed by atoms with Crippen LogP contribution in [0.25, 0.3) is 0 Å². The summed E-state index contributed by atoms with van der Waals surface area (Å²) < 4.78 is 9.91. The minimum Gasteiger partial charge on any atom is -0.497 e. The van der Waals surface area contributed by atoms with Crippen molar-refractivity contribution >= 4 is 35.9 Å². The highest BCUT2D eigenvalue weighted by Gasteiger charge is 2.05. The van der Waals surface area contributed by atoms with Gasteiger partial charge < -0.3 is 20.1 Å². The number of hydrogen-bond acceptors (Lipinski definition) is 4. The highest BCUT2D eigenvalue weighted by atomic mass is 127. The monoisotopic (exact) mass is 469 g/mol. The maximum atomic E-state index is 11.4. The number of nitrogens with one attached hydrogen (secondary N) is 2. The molecule has 0 saturated heterocycles. The lowest BCUT2D eigenvalue weighted by Gasteiger charge is -2.12. The van der Waals surface area contributed by atoms with Crippen molar-refractivity contribution in [2.24, 2.45) is 4.99 Å². The van der Waals surface area contributed by atoms with Crippen LogP contribution in [0.15, 0.2) is 53.5 Å². The van der Waals surface area contributed by atoms with Crippen LogP contribution < -0.4 is 15.4 Å². The van der Waals surface area contributed by atoms with E-state index in [4.69, 9.17) is 4.74 Å². The van der Waals surface area contributed by atoms with Crippen LogP contribution in [-0.2, 0) is 17.8 Å². The Morgan fingerprint density at radius 2 is 1.65 bits per heavy atom. The van der Waals surface area contributed by atoms with Crippen molar-refractivity contribution in [3.63, 3.8) is 0 Å². The molecule has 0 unspecified atom stereocenters. The number of halogens is 1. The molecule has 2 rings (SSSR count). The SMILES string of the molecule is CN=C(NCc1ccc(C(=O)OC)cc1)NCc1cccc(OC)c1.I. The summed E-state index contributed by atoms with van der Waals surface area (Å²) in [5.41, 5.74) is 2.67. The maximum absolute atomic E-state index is 11.4. The fourth-order valence-corrected chi connectivity index (χ4v) is 2.25. The van der Waals surface area contributed by atoms with E-state index in [1.54, 1.807) is 26.3 Å². The van der Waals surface area contributed by atoms with Gasteiger partial charge in [-0.3, -0.25) is 4.99 Å². The quantitative estimate of drug-likeness (QED) is 0.295. The van der Waals surface area contributed by atoms with E-state index in [0.29, 0.717) is 24.6 Å². The van der Waals surface area contributed by atoms with Gasteiger partial charge in [0, 0.05) is 20.1 Å². The van der Waals surface area contributed by atoms with Gasteiger partial charge in [-0.2, -0.15) is 0 Å². The average molecular weight is 469 g/mol. The second kappa shape index (κ2) is 11.3. The molecule has 0 spiro atoms. The number of methoxy groups -OCH3 is 2. The summed E-state index contributed by atoms with van der Waals surface area (Å²) in [5, 5.41) is 6.49. The van der Waals surface area contributed by atoms with Crippen molar-refractivity contribution in [2.45, 2.75) is 13.1 Å². The number of aliphatic imine (C=N–C) groups is 1. The van der Waals surface area contributed by atoms with Crippen LogP contribution in [0.5, 0.6) is 5.75 Å². The predicted octanol–water partition coefficient (Wildman–Crippen LogP) is 2.97. The van der Waals surface area contributed by atoms with E-state index in [1.165, 1.54) is 7.11 Å². The zero-order valence-electron chi connectivity index (χ0n) is 15.1. The highest BCUT2D eigenvalue weighted by Crippen LogP contribution is 2.12. The van der Waals surface area contributed by atoms with Crippen molar-refractivity contribution in [3.8, 4) is 5.75 Å². The van der Waals surface area contributed by atoms with Crippen LogP contribution in [0.1, 0.15) is 21.5 Å². The number of guanidine groups is 1. The molecule has 0 heterocycles. The number of esters is 1. The molecule has 7 heteroatoms. The average Bonchev–Trinajstić information content (AvgIpc) is 2.68. The molecule has 0 aromatic heterocycles. The first-order valence-corrected chi connectivity index (χ1v) is 7.91. The minimum absolute atomic E-state index is 0. The van der Waals surface area contributed by atoms with Gasteiger partial charge in [-0.15, -0.1) is 24.0 Å². The van der Waals surface area contributed by atoms with Gasteiger partial charge in [0.05, 0.1) is 19.8 Å². The first kappa shape index (κ1) is 21.8. The largest absolute Gasteiger partial charge is 0.497 e. The Morgan fingerprint density at radius 3 is 2.23 bits per heavy atom. The summed E-state index contributed by atoms with van der Waals surface area (Å²) in [6.45, 7) is 1.23. The van der Waals surface area contributed by atoms with Gasteiger partial charge >= 0.3 is 5.97 Å². The third-order valence-corrected chi connectivity index (χ3v) is 3.65. The Morgan fingerprint density at radius 1 is 1.00 bits per heavy atom. The van der Waals surface area contributed by atoms with Crippen molar-refractivity contribution in [1.82, 2.24) is 10.6 Å². The van der Waals surface area contributed by atoms with E-state index in [1.807, 2.05) is 36.4 Å². The zero-order valence-corrected chi connectivity index (χ0v) is 17.4. The molecule has 26 heavy (non-hydrogen) atoms. The standard InChI is InChI=1S/C19H23N3O3.HI/c1-20-19(22-13-15-5-4-6-17(11-15)24-2)21-12-14-7-9-16(10-8-14)18(23)25-3;/h4-11H,12-13H2,1-3H3,(H2,20,21,22);1H. The summed E-state index contributed by atoms with van der Waals surface area (Å²) >= 11 is 0. The van der Waals surface area contributed by atoms with Crippen LogP contribution in [0.2, 0.25) is 0 Å². The van der Waals surface area contributed by atoms with Crippen LogP contribution >= 0.6 is 24.0 Å².